The standard InChI is InChI=1S/C18H30N4O2/c1-2-18(14-23)8-11-21(12-9-18)13-17(24)20-16-7-10-19-22(16)15-5-3-4-6-15/h7,10,15,23H,2-6,8-9,11-14H2,1H3,(H,20,24). The van der Waals surface area contributed by atoms with Gasteiger partial charge in [0.05, 0.1) is 18.8 Å². The first-order chi connectivity index (χ1) is 11.7. The Morgan fingerprint density at radius 3 is 2.71 bits per heavy atom. The molecule has 0 atom stereocenters. The van der Waals surface area contributed by atoms with Gasteiger partial charge in [-0.2, -0.15) is 5.10 Å². The summed E-state index contributed by atoms with van der Waals surface area (Å²) in [6.07, 6.45) is 9.50. The Bertz CT molecular complexity index is 537. The number of nitrogens with zero attached hydrogens (tertiary/aromatic N) is 3. The number of aliphatic hydroxyl groups excluding tert-OH is 1. The molecular formula is C18H30N4O2. The van der Waals surface area contributed by atoms with Gasteiger partial charge < -0.3 is 10.4 Å². The quantitative estimate of drug-likeness (QED) is 0.838. The van der Waals surface area contributed by atoms with Gasteiger partial charge in [-0.25, -0.2) is 4.68 Å². The fraction of sp³-hybridized carbons (Fsp3) is 0.778. The third-order valence-corrected chi connectivity index (χ3v) is 5.98. The van der Waals surface area contributed by atoms with Crippen molar-refractivity contribution in [1.82, 2.24) is 14.7 Å². The first kappa shape index (κ1) is 17.4. The van der Waals surface area contributed by atoms with Crippen LogP contribution < -0.4 is 5.32 Å². The molecule has 0 spiro atoms. The number of anilines is 1. The van der Waals surface area contributed by atoms with E-state index in [1.54, 1.807) is 6.20 Å². The van der Waals surface area contributed by atoms with Crippen molar-refractivity contribution in [3.8, 4) is 0 Å². The van der Waals surface area contributed by atoms with E-state index in [4.69, 9.17) is 0 Å². The number of hydrogen-bond acceptors (Lipinski definition) is 4. The Morgan fingerprint density at radius 2 is 2.08 bits per heavy atom. The number of aromatic nitrogens is 2. The Labute approximate surface area is 144 Å². The minimum atomic E-state index is 0.0303. The summed E-state index contributed by atoms with van der Waals surface area (Å²) >= 11 is 0. The van der Waals surface area contributed by atoms with E-state index < -0.39 is 0 Å². The Kier molecular flexibility index (Phi) is 5.56. The molecule has 3 rings (SSSR count). The van der Waals surface area contributed by atoms with E-state index in [0.29, 0.717) is 12.6 Å². The van der Waals surface area contributed by atoms with Gasteiger partial charge in [-0.15, -0.1) is 0 Å². The number of carbonyl (C=O) groups is 1. The maximum absolute atomic E-state index is 12.4. The van der Waals surface area contributed by atoms with Crippen molar-refractivity contribution in [2.24, 2.45) is 5.41 Å². The molecule has 2 fully saturated rings. The normalized spacial score (nSPS) is 21.9. The topological polar surface area (TPSA) is 70.4 Å². The summed E-state index contributed by atoms with van der Waals surface area (Å²) in [6, 6.07) is 2.32. The van der Waals surface area contributed by atoms with Gasteiger partial charge in [0.2, 0.25) is 5.91 Å². The van der Waals surface area contributed by atoms with Gasteiger partial charge in [-0.1, -0.05) is 19.8 Å². The fourth-order valence-corrected chi connectivity index (χ4v) is 4.05. The molecule has 1 aliphatic carbocycles. The zero-order valence-electron chi connectivity index (χ0n) is 14.7. The summed E-state index contributed by atoms with van der Waals surface area (Å²) in [5.41, 5.74) is 0.0636. The number of hydrogen-bond donors (Lipinski definition) is 2. The summed E-state index contributed by atoms with van der Waals surface area (Å²) in [7, 11) is 0. The van der Waals surface area contributed by atoms with Crippen molar-refractivity contribution in [3.63, 3.8) is 0 Å². The van der Waals surface area contributed by atoms with Gasteiger partial charge in [0, 0.05) is 12.7 Å². The molecule has 1 aromatic heterocycles. The predicted molar refractivity (Wildman–Crippen MR) is 93.8 cm³/mol. The molecule has 1 aliphatic heterocycles. The molecule has 2 N–H and O–H groups in total. The van der Waals surface area contributed by atoms with Crippen LogP contribution >= 0.6 is 0 Å². The highest BCUT2D eigenvalue weighted by Crippen LogP contribution is 2.34. The van der Waals surface area contributed by atoms with Crippen LogP contribution in [0.2, 0.25) is 0 Å². The van der Waals surface area contributed by atoms with Crippen LogP contribution in [0.5, 0.6) is 0 Å². The molecule has 24 heavy (non-hydrogen) atoms. The van der Waals surface area contributed by atoms with Crippen molar-refractivity contribution in [1.29, 1.82) is 0 Å². The highest BCUT2D eigenvalue weighted by molar-refractivity contribution is 5.91. The lowest BCUT2D eigenvalue weighted by Crippen LogP contribution is -2.44. The molecule has 6 heteroatoms. The van der Waals surface area contributed by atoms with E-state index >= 15 is 0 Å². The Morgan fingerprint density at radius 1 is 1.38 bits per heavy atom. The molecule has 1 saturated heterocycles. The van der Waals surface area contributed by atoms with Crippen molar-refractivity contribution < 1.29 is 9.90 Å². The molecule has 1 amide bonds. The monoisotopic (exact) mass is 334 g/mol. The van der Waals surface area contributed by atoms with Crippen LogP contribution in [-0.2, 0) is 4.79 Å². The number of piperidine rings is 1. The van der Waals surface area contributed by atoms with Gasteiger partial charge in [0.25, 0.3) is 0 Å². The maximum atomic E-state index is 12.4. The zero-order valence-corrected chi connectivity index (χ0v) is 14.7. The maximum Gasteiger partial charge on any atom is 0.239 e. The Balaban J connectivity index is 1.51. The number of amides is 1. The average molecular weight is 334 g/mol. The molecule has 0 bridgehead atoms. The number of carbonyl (C=O) groups excluding carboxylic acids is 1. The van der Waals surface area contributed by atoms with Gasteiger partial charge >= 0.3 is 0 Å². The van der Waals surface area contributed by atoms with E-state index in [-0.39, 0.29) is 17.9 Å². The first-order valence-electron chi connectivity index (χ1n) is 9.32. The lowest BCUT2D eigenvalue weighted by atomic mass is 9.77. The zero-order chi connectivity index (χ0) is 17.0. The lowest BCUT2D eigenvalue weighted by Gasteiger charge is -2.39. The molecule has 1 saturated carbocycles. The number of aliphatic hydroxyl groups is 1. The fourth-order valence-electron chi connectivity index (χ4n) is 4.05. The lowest BCUT2D eigenvalue weighted by molar-refractivity contribution is -0.118. The van der Waals surface area contributed by atoms with Crippen LogP contribution in [0.4, 0.5) is 5.82 Å². The van der Waals surface area contributed by atoms with Crippen LogP contribution in [0.1, 0.15) is 57.9 Å². The number of nitrogens with one attached hydrogen (secondary N) is 1. The molecule has 1 aromatic rings. The minimum absolute atomic E-state index is 0.0303. The highest BCUT2D eigenvalue weighted by atomic mass is 16.3. The molecule has 2 aliphatic rings. The highest BCUT2D eigenvalue weighted by Gasteiger charge is 2.32. The van der Waals surface area contributed by atoms with Crippen LogP contribution in [0.25, 0.3) is 0 Å². The van der Waals surface area contributed by atoms with Crippen molar-refractivity contribution in [2.45, 2.75) is 57.9 Å². The van der Waals surface area contributed by atoms with Crippen LogP contribution in [-0.4, -0.2) is 51.9 Å². The van der Waals surface area contributed by atoms with Gasteiger partial charge in [0.1, 0.15) is 5.82 Å². The summed E-state index contributed by atoms with van der Waals surface area (Å²) in [5.74, 6) is 0.852. The molecule has 2 heterocycles. The molecular weight excluding hydrogens is 304 g/mol. The third-order valence-electron chi connectivity index (χ3n) is 5.98. The summed E-state index contributed by atoms with van der Waals surface area (Å²) in [6.45, 7) is 4.57. The molecule has 0 unspecified atom stereocenters. The minimum Gasteiger partial charge on any atom is -0.396 e. The van der Waals surface area contributed by atoms with Crippen molar-refractivity contribution >= 4 is 11.7 Å². The van der Waals surface area contributed by atoms with Crippen LogP contribution in [0.3, 0.4) is 0 Å². The van der Waals surface area contributed by atoms with Crippen LogP contribution in [0, 0.1) is 5.41 Å². The molecule has 0 aromatic carbocycles. The van der Waals surface area contributed by atoms with Gasteiger partial charge in [-0.05, 0) is 50.6 Å². The smallest absolute Gasteiger partial charge is 0.239 e. The van der Waals surface area contributed by atoms with E-state index in [9.17, 15) is 9.90 Å². The number of likely N-dealkylation sites (tertiary alicyclic amines) is 1. The van der Waals surface area contributed by atoms with Gasteiger partial charge in [-0.3, -0.25) is 9.69 Å². The van der Waals surface area contributed by atoms with E-state index in [2.05, 4.69) is 22.2 Å². The average Bonchev–Trinajstić information content (AvgIpc) is 3.27. The SMILES string of the molecule is CCC1(CO)CCN(CC(=O)Nc2ccnn2C2CCCC2)CC1. The van der Waals surface area contributed by atoms with Crippen molar-refractivity contribution in [2.75, 3.05) is 31.6 Å². The van der Waals surface area contributed by atoms with E-state index in [0.717, 1.165) is 51.0 Å². The second-order valence-electron chi connectivity index (χ2n) is 7.44. The Hall–Kier alpha value is -1.40. The second-order valence-corrected chi connectivity index (χ2v) is 7.44. The third kappa shape index (κ3) is 3.81. The predicted octanol–water partition coefficient (Wildman–Crippen LogP) is 2.42. The van der Waals surface area contributed by atoms with Gasteiger partial charge in [0.15, 0.2) is 0 Å². The van der Waals surface area contributed by atoms with E-state index in [1.165, 1.54) is 12.8 Å². The van der Waals surface area contributed by atoms with E-state index in [1.807, 2.05) is 10.7 Å². The second kappa shape index (κ2) is 7.66. The number of rotatable bonds is 6. The summed E-state index contributed by atoms with van der Waals surface area (Å²) < 4.78 is 1.98. The largest absolute Gasteiger partial charge is 0.396 e. The first-order valence-corrected chi connectivity index (χ1v) is 9.32. The summed E-state index contributed by atoms with van der Waals surface area (Å²) in [4.78, 5) is 14.6. The molecule has 0 radical (unpaired) electrons. The molecule has 134 valence electrons. The van der Waals surface area contributed by atoms with Crippen molar-refractivity contribution in [3.05, 3.63) is 12.3 Å². The van der Waals surface area contributed by atoms with Crippen LogP contribution in [0.15, 0.2) is 12.3 Å². The summed E-state index contributed by atoms with van der Waals surface area (Å²) in [5, 5.41) is 17.0. The molecule has 6 nitrogen and oxygen atoms in total.